The monoisotopic (exact) mass is 344 g/mol. The fraction of sp³-hybridized carbons (Fsp3) is 0.900. The van der Waals surface area contributed by atoms with Gasteiger partial charge in [-0.3, -0.25) is 0 Å². The lowest BCUT2D eigenvalue weighted by Crippen LogP contribution is -2.44. The zero-order valence-corrected chi connectivity index (χ0v) is 16.6. The van der Waals surface area contributed by atoms with E-state index in [1.807, 2.05) is 6.08 Å². The molecule has 0 aliphatic carbocycles. The predicted octanol–water partition coefficient (Wildman–Crippen LogP) is 5.67. The molecule has 1 unspecified atom stereocenters. The minimum absolute atomic E-state index is 0.211. The van der Waals surface area contributed by atoms with E-state index >= 15 is 0 Å². The van der Waals surface area contributed by atoms with Crippen LogP contribution in [0.5, 0.6) is 0 Å². The van der Waals surface area contributed by atoms with E-state index in [2.05, 4.69) is 13.8 Å². The zero-order valence-electron chi connectivity index (χ0n) is 16.6. The van der Waals surface area contributed by atoms with Gasteiger partial charge in [0.05, 0.1) is 12.9 Å². The highest BCUT2D eigenvalue weighted by molar-refractivity contribution is 4.73. The summed E-state index contributed by atoms with van der Waals surface area (Å²) in [5, 5.41) is 0. The zero-order chi connectivity index (χ0) is 18.1. The van der Waals surface area contributed by atoms with Gasteiger partial charge in [0.2, 0.25) is 0 Å². The van der Waals surface area contributed by atoms with Gasteiger partial charge in [-0.25, -0.2) is 0 Å². The fourth-order valence-electron chi connectivity index (χ4n) is 3.06. The quantitative estimate of drug-likeness (QED) is 0.194. The molecule has 4 heteroatoms. The number of hydrogen-bond donors (Lipinski definition) is 0. The smallest absolute Gasteiger partial charge is 0.285 e. The number of hydrogen-bond acceptors (Lipinski definition) is 4. The number of allylic oxidation sites excluding steroid dienone is 1. The maximum absolute atomic E-state index is 5.59. The molecular weight excluding hydrogens is 304 g/mol. The van der Waals surface area contributed by atoms with Crippen LogP contribution in [0.4, 0.5) is 0 Å². The first kappa shape index (κ1) is 23.4. The summed E-state index contributed by atoms with van der Waals surface area (Å²) in [5.41, 5.74) is 0. The van der Waals surface area contributed by atoms with Crippen LogP contribution in [0, 0.1) is 5.92 Å². The van der Waals surface area contributed by atoms with E-state index in [9.17, 15) is 0 Å². The molecule has 1 atom stereocenters. The number of methoxy groups -OCH3 is 3. The molecule has 4 nitrogen and oxygen atoms in total. The van der Waals surface area contributed by atoms with Crippen LogP contribution in [0.2, 0.25) is 0 Å². The van der Waals surface area contributed by atoms with Crippen LogP contribution < -0.4 is 0 Å². The van der Waals surface area contributed by atoms with Crippen LogP contribution in [0.15, 0.2) is 12.3 Å². The van der Waals surface area contributed by atoms with Crippen molar-refractivity contribution in [1.29, 1.82) is 0 Å². The first-order valence-electron chi connectivity index (χ1n) is 9.62. The molecule has 0 rings (SSSR count). The minimum Gasteiger partial charge on any atom is -0.502 e. The molecule has 0 amide bonds. The topological polar surface area (TPSA) is 36.9 Å². The van der Waals surface area contributed by atoms with Crippen molar-refractivity contribution < 1.29 is 18.9 Å². The number of unbranched alkanes of at least 4 members (excludes halogenated alkanes) is 5. The molecule has 0 aliphatic heterocycles. The molecule has 0 radical (unpaired) electrons. The molecule has 0 saturated carbocycles. The average molecular weight is 345 g/mol. The Morgan fingerprint density at radius 3 is 1.96 bits per heavy atom. The highest BCUT2D eigenvalue weighted by Gasteiger charge is 2.39. The Morgan fingerprint density at radius 1 is 0.792 bits per heavy atom. The summed E-state index contributed by atoms with van der Waals surface area (Å²) in [4.78, 5) is 0. The van der Waals surface area contributed by atoms with Gasteiger partial charge in [0.25, 0.3) is 5.97 Å². The van der Waals surface area contributed by atoms with Crippen LogP contribution in [-0.4, -0.2) is 33.9 Å². The normalized spacial score (nSPS) is 13.5. The molecular formula is C20H40O4. The van der Waals surface area contributed by atoms with Crippen molar-refractivity contribution in [3.63, 3.8) is 0 Å². The molecule has 0 N–H and O–H groups in total. The maximum atomic E-state index is 5.59. The first-order chi connectivity index (χ1) is 11.7. The largest absolute Gasteiger partial charge is 0.502 e. The van der Waals surface area contributed by atoms with Crippen molar-refractivity contribution >= 4 is 0 Å². The molecule has 0 aromatic carbocycles. The second-order valence-corrected chi connectivity index (χ2v) is 6.26. The van der Waals surface area contributed by atoms with Crippen molar-refractivity contribution in [2.75, 3.05) is 27.9 Å². The van der Waals surface area contributed by atoms with Crippen LogP contribution in [0.1, 0.15) is 78.1 Å². The summed E-state index contributed by atoms with van der Waals surface area (Å²) < 4.78 is 22.3. The van der Waals surface area contributed by atoms with Gasteiger partial charge >= 0.3 is 0 Å². The molecule has 24 heavy (non-hydrogen) atoms. The van der Waals surface area contributed by atoms with E-state index in [0.717, 1.165) is 32.3 Å². The third kappa shape index (κ3) is 9.65. The molecule has 0 spiro atoms. The van der Waals surface area contributed by atoms with Gasteiger partial charge < -0.3 is 18.9 Å². The van der Waals surface area contributed by atoms with E-state index in [4.69, 9.17) is 18.9 Å². The van der Waals surface area contributed by atoms with E-state index < -0.39 is 5.97 Å². The van der Waals surface area contributed by atoms with Crippen LogP contribution in [-0.2, 0) is 18.9 Å². The van der Waals surface area contributed by atoms with Gasteiger partial charge in [-0.1, -0.05) is 58.4 Å². The van der Waals surface area contributed by atoms with E-state index in [1.54, 1.807) is 27.6 Å². The molecule has 0 aromatic rings. The van der Waals surface area contributed by atoms with Crippen LogP contribution >= 0.6 is 0 Å². The second kappa shape index (κ2) is 15.9. The molecule has 0 saturated heterocycles. The van der Waals surface area contributed by atoms with E-state index in [-0.39, 0.29) is 5.92 Å². The lowest BCUT2D eigenvalue weighted by atomic mass is 9.93. The minimum atomic E-state index is -0.942. The van der Waals surface area contributed by atoms with Gasteiger partial charge in [0.1, 0.15) is 0 Å². The lowest BCUT2D eigenvalue weighted by molar-refractivity contribution is -0.380. The SMILES string of the molecule is CCC=COCCCC(CCCCCCCC)C(OC)(OC)OC. The Morgan fingerprint density at radius 2 is 1.38 bits per heavy atom. The fourth-order valence-corrected chi connectivity index (χ4v) is 3.06. The van der Waals surface area contributed by atoms with Crippen molar-refractivity contribution in [3.8, 4) is 0 Å². The van der Waals surface area contributed by atoms with E-state index in [1.165, 1.54) is 38.5 Å². The predicted molar refractivity (Wildman–Crippen MR) is 99.9 cm³/mol. The van der Waals surface area contributed by atoms with Gasteiger partial charge in [-0.15, -0.1) is 0 Å². The highest BCUT2D eigenvalue weighted by atomic mass is 16.9. The summed E-state index contributed by atoms with van der Waals surface area (Å²) in [6, 6.07) is 0. The molecule has 0 bridgehead atoms. The summed E-state index contributed by atoms with van der Waals surface area (Å²) in [6.07, 6.45) is 15.5. The van der Waals surface area contributed by atoms with Gasteiger partial charge in [-0.05, 0) is 25.7 Å². The van der Waals surface area contributed by atoms with Gasteiger partial charge in [0.15, 0.2) is 0 Å². The lowest BCUT2D eigenvalue weighted by Gasteiger charge is -2.36. The Labute approximate surface area is 149 Å². The summed E-state index contributed by atoms with van der Waals surface area (Å²) in [6.45, 7) is 5.06. The molecule has 0 aromatic heterocycles. The van der Waals surface area contributed by atoms with Crippen molar-refractivity contribution in [3.05, 3.63) is 12.3 Å². The Balaban J connectivity index is 4.35. The van der Waals surface area contributed by atoms with Crippen molar-refractivity contribution in [2.24, 2.45) is 5.92 Å². The Hall–Kier alpha value is -0.580. The first-order valence-corrected chi connectivity index (χ1v) is 9.62. The summed E-state index contributed by atoms with van der Waals surface area (Å²) >= 11 is 0. The average Bonchev–Trinajstić information content (AvgIpc) is 2.62. The summed E-state index contributed by atoms with van der Waals surface area (Å²) in [7, 11) is 4.96. The molecule has 0 fully saturated rings. The van der Waals surface area contributed by atoms with Crippen molar-refractivity contribution in [2.45, 2.75) is 84.0 Å². The second-order valence-electron chi connectivity index (χ2n) is 6.26. The summed E-state index contributed by atoms with van der Waals surface area (Å²) in [5.74, 6) is -0.731. The third-order valence-corrected chi connectivity index (χ3v) is 4.50. The molecule has 144 valence electrons. The van der Waals surface area contributed by atoms with Crippen LogP contribution in [0.3, 0.4) is 0 Å². The molecule has 0 aliphatic rings. The Bertz CT molecular complexity index is 279. The third-order valence-electron chi connectivity index (χ3n) is 4.50. The maximum Gasteiger partial charge on any atom is 0.285 e. The van der Waals surface area contributed by atoms with Gasteiger partial charge in [0, 0.05) is 27.2 Å². The number of rotatable bonds is 17. The van der Waals surface area contributed by atoms with Gasteiger partial charge in [-0.2, -0.15) is 0 Å². The van der Waals surface area contributed by atoms with Crippen LogP contribution in [0.25, 0.3) is 0 Å². The molecule has 0 heterocycles. The number of ether oxygens (including phenoxy) is 4. The van der Waals surface area contributed by atoms with Crippen molar-refractivity contribution in [1.82, 2.24) is 0 Å². The Kier molecular flexibility index (Phi) is 15.5. The van der Waals surface area contributed by atoms with E-state index in [0.29, 0.717) is 0 Å². The standard InChI is InChI=1S/C20H40O4/c1-6-8-10-11-12-13-15-19(20(21-3,22-4)23-5)16-14-18-24-17-9-7-2/h9,17,19H,6-8,10-16,18H2,1-5H3. The highest BCUT2D eigenvalue weighted by Crippen LogP contribution is 2.32.